The number of nitrogens with zero attached hydrogens (tertiary/aromatic N) is 1. The predicted molar refractivity (Wildman–Crippen MR) is 76.5 cm³/mol. The highest BCUT2D eigenvalue weighted by Crippen LogP contribution is 2.29. The lowest BCUT2D eigenvalue weighted by molar-refractivity contribution is -0.384. The fraction of sp³-hybridized carbons (Fsp3) is 0.143. The number of anilines is 1. The second-order valence-corrected chi connectivity index (χ2v) is 4.72. The molecule has 1 atom stereocenters. The summed E-state index contributed by atoms with van der Waals surface area (Å²) in [4.78, 5) is 10.1. The first-order valence-electron chi connectivity index (χ1n) is 5.94. The van der Waals surface area contributed by atoms with E-state index < -0.39 is 10.7 Å². The largest absolute Gasteiger partial charge is 0.375 e. The molecule has 0 saturated heterocycles. The Morgan fingerprint density at radius 2 is 1.90 bits per heavy atom. The lowest BCUT2D eigenvalue weighted by Gasteiger charge is -2.17. The van der Waals surface area contributed by atoms with Gasteiger partial charge in [-0.3, -0.25) is 10.1 Å². The Hall–Kier alpha value is -2.14. The number of benzene rings is 2. The maximum Gasteiger partial charge on any atom is 0.269 e. The van der Waals surface area contributed by atoms with Crippen molar-refractivity contribution < 1.29 is 9.31 Å². The van der Waals surface area contributed by atoms with Gasteiger partial charge in [-0.05, 0) is 24.6 Å². The third kappa shape index (κ3) is 3.05. The quantitative estimate of drug-likeness (QED) is 0.664. The maximum absolute atomic E-state index is 13.7. The molecule has 0 spiro atoms. The monoisotopic (exact) mass is 294 g/mol. The molecule has 4 nitrogen and oxygen atoms in total. The van der Waals surface area contributed by atoms with Crippen LogP contribution in [0.1, 0.15) is 18.5 Å². The van der Waals surface area contributed by atoms with Gasteiger partial charge in [-0.1, -0.05) is 29.8 Å². The van der Waals surface area contributed by atoms with E-state index in [2.05, 4.69) is 5.32 Å². The molecule has 0 saturated carbocycles. The molecule has 20 heavy (non-hydrogen) atoms. The molecular formula is C14H12ClFN2O2. The van der Waals surface area contributed by atoms with Crippen molar-refractivity contribution in [3.8, 4) is 0 Å². The van der Waals surface area contributed by atoms with Crippen molar-refractivity contribution in [3.05, 3.63) is 69.0 Å². The molecule has 0 aliphatic heterocycles. The number of hydrogen-bond donors (Lipinski definition) is 1. The first kappa shape index (κ1) is 14.3. The molecule has 2 rings (SSSR count). The maximum atomic E-state index is 13.7. The van der Waals surface area contributed by atoms with Crippen LogP contribution < -0.4 is 5.32 Å². The molecule has 1 N–H and O–H groups in total. The number of hydrogen-bond acceptors (Lipinski definition) is 3. The summed E-state index contributed by atoms with van der Waals surface area (Å²) in [5.41, 5.74) is 1.04. The molecule has 0 bridgehead atoms. The van der Waals surface area contributed by atoms with Crippen LogP contribution in [0.5, 0.6) is 0 Å². The minimum absolute atomic E-state index is 0.0184. The SMILES string of the molecule is CC(Nc1c(F)cccc1Cl)c1ccc([N+](=O)[O-])cc1. The van der Waals surface area contributed by atoms with Crippen LogP contribution in [0.4, 0.5) is 15.8 Å². The van der Waals surface area contributed by atoms with E-state index in [1.54, 1.807) is 18.2 Å². The topological polar surface area (TPSA) is 55.2 Å². The van der Waals surface area contributed by atoms with E-state index in [1.165, 1.54) is 24.3 Å². The Kier molecular flexibility index (Phi) is 4.20. The fourth-order valence-electron chi connectivity index (χ4n) is 1.82. The molecule has 1 unspecified atom stereocenters. The molecule has 6 heteroatoms. The summed E-state index contributed by atoms with van der Waals surface area (Å²) in [5, 5.41) is 13.8. The second kappa shape index (κ2) is 5.88. The molecule has 0 heterocycles. The zero-order valence-corrected chi connectivity index (χ0v) is 11.4. The normalized spacial score (nSPS) is 11.9. The van der Waals surface area contributed by atoms with Crippen LogP contribution in [-0.4, -0.2) is 4.92 Å². The Morgan fingerprint density at radius 3 is 2.45 bits per heavy atom. The van der Waals surface area contributed by atoms with Gasteiger partial charge in [0.2, 0.25) is 0 Å². The van der Waals surface area contributed by atoms with Crippen LogP contribution in [0.25, 0.3) is 0 Å². The van der Waals surface area contributed by atoms with Gasteiger partial charge in [0.15, 0.2) is 0 Å². The molecule has 0 aromatic heterocycles. The number of nitro groups is 1. The average Bonchev–Trinajstić information content (AvgIpc) is 2.43. The zero-order valence-electron chi connectivity index (χ0n) is 10.6. The van der Waals surface area contributed by atoms with Gasteiger partial charge >= 0.3 is 0 Å². The molecule has 0 fully saturated rings. The van der Waals surface area contributed by atoms with Gasteiger partial charge in [0.1, 0.15) is 5.82 Å². The first-order chi connectivity index (χ1) is 9.49. The van der Waals surface area contributed by atoms with Gasteiger partial charge in [-0.25, -0.2) is 4.39 Å². The minimum Gasteiger partial charge on any atom is -0.375 e. The minimum atomic E-state index is -0.463. The van der Waals surface area contributed by atoms with E-state index in [0.29, 0.717) is 5.02 Å². The Bertz CT molecular complexity index is 611. The molecule has 104 valence electrons. The first-order valence-corrected chi connectivity index (χ1v) is 6.31. The highest BCUT2D eigenvalue weighted by molar-refractivity contribution is 6.33. The highest BCUT2D eigenvalue weighted by Gasteiger charge is 2.13. The fourth-order valence-corrected chi connectivity index (χ4v) is 2.04. The van der Waals surface area contributed by atoms with Crippen molar-refractivity contribution in [3.63, 3.8) is 0 Å². The molecule has 2 aromatic carbocycles. The van der Waals surface area contributed by atoms with Crippen LogP contribution in [0.2, 0.25) is 5.02 Å². The van der Waals surface area contributed by atoms with Crippen LogP contribution >= 0.6 is 11.6 Å². The van der Waals surface area contributed by atoms with Crippen molar-refractivity contribution >= 4 is 23.0 Å². The van der Waals surface area contributed by atoms with Gasteiger partial charge < -0.3 is 5.32 Å². The summed E-state index contributed by atoms with van der Waals surface area (Å²) in [6, 6.07) is 10.3. The lowest BCUT2D eigenvalue weighted by atomic mass is 10.1. The van der Waals surface area contributed by atoms with E-state index in [1.807, 2.05) is 6.92 Å². The van der Waals surface area contributed by atoms with Crippen molar-refractivity contribution in [2.24, 2.45) is 0 Å². The van der Waals surface area contributed by atoms with Crippen molar-refractivity contribution in [2.75, 3.05) is 5.32 Å². The molecule has 0 amide bonds. The average molecular weight is 295 g/mol. The lowest BCUT2D eigenvalue weighted by Crippen LogP contribution is -2.08. The summed E-state index contributed by atoms with van der Waals surface area (Å²) < 4.78 is 13.7. The third-order valence-electron chi connectivity index (χ3n) is 2.93. The Balaban J connectivity index is 2.19. The molecule has 2 aromatic rings. The molecule has 0 aliphatic carbocycles. The molecule has 0 aliphatic rings. The van der Waals surface area contributed by atoms with Crippen molar-refractivity contribution in [1.29, 1.82) is 0 Å². The van der Waals surface area contributed by atoms with Crippen molar-refractivity contribution in [1.82, 2.24) is 0 Å². The van der Waals surface area contributed by atoms with Crippen LogP contribution in [0, 0.1) is 15.9 Å². The number of non-ortho nitro benzene ring substituents is 1. The number of rotatable bonds is 4. The smallest absolute Gasteiger partial charge is 0.269 e. The number of nitro benzene ring substituents is 1. The molecular weight excluding hydrogens is 283 g/mol. The van der Waals surface area contributed by atoms with Gasteiger partial charge in [-0.15, -0.1) is 0 Å². The van der Waals surface area contributed by atoms with E-state index in [0.717, 1.165) is 5.56 Å². The van der Waals surface area contributed by atoms with Gasteiger partial charge in [0.25, 0.3) is 5.69 Å². The molecule has 0 radical (unpaired) electrons. The highest BCUT2D eigenvalue weighted by atomic mass is 35.5. The van der Waals surface area contributed by atoms with Gasteiger partial charge in [0.05, 0.1) is 15.6 Å². The van der Waals surface area contributed by atoms with Crippen LogP contribution in [0.15, 0.2) is 42.5 Å². The number of para-hydroxylation sites is 1. The summed E-state index contributed by atoms with van der Waals surface area (Å²) in [6.07, 6.45) is 0. The van der Waals surface area contributed by atoms with Gasteiger partial charge in [-0.2, -0.15) is 0 Å². The summed E-state index contributed by atoms with van der Waals surface area (Å²) in [7, 11) is 0. The number of nitrogens with one attached hydrogen (secondary N) is 1. The Labute approximate surface area is 120 Å². The second-order valence-electron chi connectivity index (χ2n) is 4.31. The van der Waals surface area contributed by atoms with Crippen LogP contribution in [-0.2, 0) is 0 Å². The number of halogens is 2. The van der Waals surface area contributed by atoms with Crippen molar-refractivity contribution in [2.45, 2.75) is 13.0 Å². The standard InChI is InChI=1S/C14H12ClFN2O2/c1-9(10-5-7-11(8-6-10)18(19)20)17-14-12(15)3-2-4-13(14)16/h2-9,17H,1H3. The van der Waals surface area contributed by atoms with E-state index in [4.69, 9.17) is 11.6 Å². The third-order valence-corrected chi connectivity index (χ3v) is 3.24. The summed E-state index contributed by atoms with van der Waals surface area (Å²) in [5.74, 6) is -0.439. The van der Waals surface area contributed by atoms with Gasteiger partial charge in [0, 0.05) is 18.2 Å². The van der Waals surface area contributed by atoms with E-state index in [-0.39, 0.29) is 17.4 Å². The van der Waals surface area contributed by atoms with E-state index >= 15 is 0 Å². The summed E-state index contributed by atoms with van der Waals surface area (Å²) >= 11 is 5.94. The van der Waals surface area contributed by atoms with E-state index in [9.17, 15) is 14.5 Å². The Morgan fingerprint density at radius 1 is 1.25 bits per heavy atom. The zero-order chi connectivity index (χ0) is 14.7. The summed E-state index contributed by atoms with van der Waals surface area (Å²) in [6.45, 7) is 1.82. The van der Waals surface area contributed by atoms with Crippen LogP contribution in [0.3, 0.4) is 0 Å². The predicted octanol–water partition coefficient (Wildman–Crippen LogP) is 4.56.